The van der Waals surface area contributed by atoms with Gasteiger partial charge in [0.05, 0.1) is 19.8 Å². The lowest BCUT2D eigenvalue weighted by atomic mass is 10.1. The van der Waals surface area contributed by atoms with Crippen molar-refractivity contribution in [3.05, 3.63) is 59.4 Å². The van der Waals surface area contributed by atoms with Crippen LogP contribution < -0.4 is 20.1 Å². The molecule has 0 aromatic heterocycles. The van der Waals surface area contributed by atoms with Crippen LogP contribution in [0, 0.1) is 5.82 Å². The topological polar surface area (TPSA) is 75.1 Å². The van der Waals surface area contributed by atoms with Crippen molar-refractivity contribution in [3.8, 4) is 11.5 Å². The molecule has 30 heavy (non-hydrogen) atoms. The number of aliphatic hydroxyl groups is 1. The number of ether oxygens (including phenoxy) is 2. The third-order valence-electron chi connectivity index (χ3n) is 3.96. The highest BCUT2D eigenvalue weighted by atomic mass is 127. The van der Waals surface area contributed by atoms with Gasteiger partial charge >= 0.3 is 6.61 Å². The van der Waals surface area contributed by atoms with Crippen LogP contribution in [0.2, 0.25) is 0 Å². The second kappa shape index (κ2) is 13.2. The predicted molar refractivity (Wildman–Crippen MR) is 119 cm³/mol. The van der Waals surface area contributed by atoms with Gasteiger partial charge in [-0.3, -0.25) is 0 Å². The minimum atomic E-state index is -2.96. The van der Waals surface area contributed by atoms with Gasteiger partial charge in [-0.1, -0.05) is 18.2 Å². The molecule has 10 heteroatoms. The van der Waals surface area contributed by atoms with Gasteiger partial charge in [-0.05, 0) is 31.2 Å². The van der Waals surface area contributed by atoms with Crippen molar-refractivity contribution in [1.29, 1.82) is 0 Å². The Morgan fingerprint density at radius 3 is 2.53 bits per heavy atom. The van der Waals surface area contributed by atoms with Crippen molar-refractivity contribution in [1.82, 2.24) is 10.6 Å². The SMILES string of the molecule is CCNC(=NCc1cc(OC)ccc1OC(F)F)NCC(O)c1ccccc1F.I. The molecule has 0 fully saturated rings. The standard InChI is InChI=1S/C20H24F3N3O3.HI/c1-3-24-20(26-12-17(27)15-6-4-5-7-16(15)21)25-11-13-10-14(28-2)8-9-18(13)29-19(22)23;/h4-10,17,19,27H,3,11-12H2,1-2H3,(H2,24,25,26);1H. The lowest BCUT2D eigenvalue weighted by Crippen LogP contribution is -2.39. The second-order valence-corrected chi connectivity index (χ2v) is 5.97. The summed E-state index contributed by atoms with van der Waals surface area (Å²) in [7, 11) is 1.46. The molecule has 0 radical (unpaired) electrons. The zero-order chi connectivity index (χ0) is 21.2. The summed E-state index contributed by atoms with van der Waals surface area (Å²) < 4.78 is 48.7. The molecule has 0 aliphatic heterocycles. The lowest BCUT2D eigenvalue weighted by molar-refractivity contribution is -0.0504. The molecule has 0 bridgehead atoms. The first-order valence-electron chi connectivity index (χ1n) is 9.01. The largest absolute Gasteiger partial charge is 0.497 e. The van der Waals surface area contributed by atoms with Gasteiger partial charge in [-0.2, -0.15) is 8.78 Å². The van der Waals surface area contributed by atoms with E-state index in [2.05, 4.69) is 20.4 Å². The Morgan fingerprint density at radius 2 is 1.90 bits per heavy atom. The average Bonchev–Trinajstić information content (AvgIpc) is 2.70. The fourth-order valence-electron chi connectivity index (χ4n) is 2.57. The summed E-state index contributed by atoms with van der Waals surface area (Å²) in [4.78, 5) is 4.32. The van der Waals surface area contributed by atoms with Crippen LogP contribution in [-0.2, 0) is 6.54 Å². The Labute approximate surface area is 190 Å². The number of benzene rings is 2. The van der Waals surface area contributed by atoms with Crippen molar-refractivity contribution in [2.24, 2.45) is 4.99 Å². The van der Waals surface area contributed by atoms with Crippen LogP contribution in [0.1, 0.15) is 24.2 Å². The molecule has 0 aliphatic rings. The highest BCUT2D eigenvalue weighted by molar-refractivity contribution is 14.0. The van der Waals surface area contributed by atoms with E-state index in [4.69, 9.17) is 4.74 Å². The predicted octanol–water partition coefficient (Wildman–Crippen LogP) is 3.84. The molecule has 0 heterocycles. The van der Waals surface area contributed by atoms with Gasteiger partial charge in [0.15, 0.2) is 5.96 Å². The molecule has 2 rings (SSSR count). The molecule has 1 unspecified atom stereocenters. The zero-order valence-corrected chi connectivity index (χ0v) is 18.9. The summed E-state index contributed by atoms with van der Waals surface area (Å²) in [5.41, 5.74) is 0.563. The van der Waals surface area contributed by atoms with E-state index in [9.17, 15) is 18.3 Å². The summed E-state index contributed by atoms with van der Waals surface area (Å²) in [6, 6.07) is 10.4. The first-order valence-corrected chi connectivity index (χ1v) is 9.01. The maximum absolute atomic E-state index is 13.8. The van der Waals surface area contributed by atoms with Crippen molar-refractivity contribution >= 4 is 29.9 Å². The van der Waals surface area contributed by atoms with E-state index in [1.54, 1.807) is 12.1 Å². The number of alkyl halides is 2. The number of rotatable bonds is 9. The molecule has 0 saturated carbocycles. The number of hydrogen-bond donors (Lipinski definition) is 3. The quantitative estimate of drug-likeness (QED) is 0.257. The maximum Gasteiger partial charge on any atom is 0.387 e. The van der Waals surface area contributed by atoms with E-state index in [1.165, 1.54) is 37.4 Å². The summed E-state index contributed by atoms with van der Waals surface area (Å²) in [5.74, 6) is 0.291. The van der Waals surface area contributed by atoms with Crippen molar-refractivity contribution in [2.75, 3.05) is 20.2 Å². The molecule has 0 saturated heterocycles. The van der Waals surface area contributed by atoms with E-state index < -0.39 is 18.5 Å². The lowest BCUT2D eigenvalue weighted by Gasteiger charge is -2.16. The average molecular weight is 539 g/mol. The van der Waals surface area contributed by atoms with Crippen LogP contribution in [0.25, 0.3) is 0 Å². The van der Waals surface area contributed by atoms with Crippen LogP contribution >= 0.6 is 24.0 Å². The normalized spacial score (nSPS) is 12.2. The molecule has 1 atom stereocenters. The molecule has 2 aromatic rings. The summed E-state index contributed by atoms with van der Waals surface area (Å²) in [6.07, 6.45) is -1.09. The summed E-state index contributed by atoms with van der Waals surface area (Å²) >= 11 is 0. The number of aliphatic imine (C=N–C) groups is 1. The smallest absolute Gasteiger partial charge is 0.387 e. The third-order valence-corrected chi connectivity index (χ3v) is 3.96. The minimum Gasteiger partial charge on any atom is -0.497 e. The van der Waals surface area contributed by atoms with Crippen molar-refractivity contribution in [2.45, 2.75) is 26.2 Å². The Morgan fingerprint density at radius 1 is 1.17 bits per heavy atom. The molecule has 2 aromatic carbocycles. The van der Waals surface area contributed by atoms with Gasteiger partial charge in [0.2, 0.25) is 0 Å². The number of guanidine groups is 1. The zero-order valence-electron chi connectivity index (χ0n) is 16.6. The minimum absolute atomic E-state index is 0. The Bertz CT molecular complexity index is 825. The summed E-state index contributed by atoms with van der Waals surface area (Å²) in [5, 5.41) is 16.1. The highest BCUT2D eigenvalue weighted by Gasteiger charge is 2.14. The number of methoxy groups -OCH3 is 1. The number of hydrogen-bond acceptors (Lipinski definition) is 4. The molecule has 0 aliphatic carbocycles. The maximum atomic E-state index is 13.8. The third kappa shape index (κ3) is 7.90. The molecular formula is C20H25F3IN3O3. The number of halogens is 4. The monoisotopic (exact) mass is 539 g/mol. The van der Waals surface area contributed by atoms with E-state index in [1.807, 2.05) is 6.92 Å². The Balaban J connectivity index is 0.00000450. The molecular weight excluding hydrogens is 514 g/mol. The Hall–Kier alpha value is -2.21. The van der Waals surface area contributed by atoms with Crippen molar-refractivity contribution in [3.63, 3.8) is 0 Å². The number of nitrogens with zero attached hydrogens (tertiary/aromatic N) is 1. The molecule has 0 amide bonds. The van der Waals surface area contributed by atoms with Crippen LogP contribution in [0.3, 0.4) is 0 Å². The van der Waals surface area contributed by atoms with Gasteiger partial charge < -0.3 is 25.2 Å². The molecule has 166 valence electrons. The fourth-order valence-corrected chi connectivity index (χ4v) is 2.57. The Kier molecular flexibility index (Phi) is 11.3. The molecule has 6 nitrogen and oxygen atoms in total. The van der Waals surface area contributed by atoms with Crippen LogP contribution in [0.4, 0.5) is 13.2 Å². The molecule has 0 spiro atoms. The highest BCUT2D eigenvalue weighted by Crippen LogP contribution is 2.26. The van der Waals surface area contributed by atoms with E-state index in [-0.39, 0.29) is 48.4 Å². The van der Waals surface area contributed by atoms with Crippen molar-refractivity contribution < 1.29 is 27.8 Å². The summed E-state index contributed by atoms with van der Waals surface area (Å²) in [6.45, 7) is -0.564. The van der Waals surface area contributed by atoms with Crippen LogP contribution in [-0.4, -0.2) is 37.9 Å². The van der Waals surface area contributed by atoms with E-state index in [0.717, 1.165) is 0 Å². The molecule has 3 N–H and O–H groups in total. The number of aliphatic hydroxyl groups excluding tert-OH is 1. The van der Waals surface area contributed by atoms with Gasteiger partial charge in [-0.25, -0.2) is 9.38 Å². The van der Waals surface area contributed by atoms with Gasteiger partial charge in [0, 0.05) is 24.2 Å². The fraction of sp³-hybridized carbons (Fsp3) is 0.350. The van der Waals surface area contributed by atoms with Crippen LogP contribution in [0.15, 0.2) is 47.5 Å². The second-order valence-electron chi connectivity index (χ2n) is 5.97. The first kappa shape index (κ1) is 25.8. The van der Waals surface area contributed by atoms with E-state index >= 15 is 0 Å². The van der Waals surface area contributed by atoms with Gasteiger partial charge in [-0.15, -0.1) is 24.0 Å². The first-order chi connectivity index (χ1) is 13.9. The van der Waals surface area contributed by atoms with E-state index in [0.29, 0.717) is 23.8 Å². The van der Waals surface area contributed by atoms with Crippen LogP contribution in [0.5, 0.6) is 11.5 Å². The van der Waals surface area contributed by atoms with Gasteiger partial charge in [0.1, 0.15) is 17.3 Å². The van der Waals surface area contributed by atoms with Gasteiger partial charge in [0.25, 0.3) is 0 Å². The number of nitrogens with one attached hydrogen (secondary N) is 2.